The molecule has 0 unspecified atom stereocenters. The average Bonchev–Trinajstić information content (AvgIpc) is 2.54. The van der Waals surface area contributed by atoms with Gasteiger partial charge in [0.2, 0.25) is 0 Å². The summed E-state index contributed by atoms with van der Waals surface area (Å²) in [7, 11) is 1.69. The van der Waals surface area contributed by atoms with E-state index in [2.05, 4.69) is 10.3 Å². The van der Waals surface area contributed by atoms with Gasteiger partial charge in [-0.25, -0.2) is 0 Å². The van der Waals surface area contributed by atoms with E-state index in [1.807, 2.05) is 6.92 Å². The number of hydrogen-bond acceptors (Lipinski definition) is 2. The minimum atomic E-state index is 0.134. The Labute approximate surface area is 98.6 Å². The smallest absolute Gasteiger partial charge is 0.188 e. The number of ether oxygens (including phenoxy) is 1. The Hall–Kier alpha value is -0.770. The summed E-state index contributed by atoms with van der Waals surface area (Å²) in [6.07, 6.45) is 7.89. The van der Waals surface area contributed by atoms with Crippen molar-refractivity contribution in [2.24, 2.45) is 10.7 Å². The molecule has 0 radical (unpaired) electrons. The Kier molecular flexibility index (Phi) is 6.23. The summed E-state index contributed by atoms with van der Waals surface area (Å²) >= 11 is 0. The topological polar surface area (TPSA) is 59.6 Å². The van der Waals surface area contributed by atoms with E-state index in [9.17, 15) is 0 Å². The van der Waals surface area contributed by atoms with Crippen LogP contribution in [0.3, 0.4) is 0 Å². The quantitative estimate of drug-likeness (QED) is 0.436. The normalized spacial score (nSPS) is 21.5. The van der Waals surface area contributed by atoms with Crippen LogP contribution in [0, 0.1) is 0 Å². The first-order chi connectivity index (χ1) is 7.72. The summed E-state index contributed by atoms with van der Waals surface area (Å²) < 4.78 is 5.12. The lowest BCUT2D eigenvalue weighted by Crippen LogP contribution is -2.40. The Morgan fingerprint density at radius 2 is 2.00 bits per heavy atom. The van der Waals surface area contributed by atoms with Gasteiger partial charge >= 0.3 is 0 Å². The van der Waals surface area contributed by atoms with Gasteiger partial charge < -0.3 is 15.8 Å². The average molecular weight is 227 g/mol. The second kappa shape index (κ2) is 7.49. The van der Waals surface area contributed by atoms with Crippen LogP contribution in [0.4, 0.5) is 0 Å². The van der Waals surface area contributed by atoms with E-state index >= 15 is 0 Å². The molecule has 0 amide bonds. The van der Waals surface area contributed by atoms with Crippen LogP contribution in [0.1, 0.15) is 45.4 Å². The molecule has 1 aliphatic carbocycles. The lowest BCUT2D eigenvalue weighted by atomic mass is 10.1. The monoisotopic (exact) mass is 227 g/mol. The highest BCUT2D eigenvalue weighted by molar-refractivity contribution is 5.78. The van der Waals surface area contributed by atoms with Crippen LogP contribution in [0.5, 0.6) is 0 Å². The van der Waals surface area contributed by atoms with Gasteiger partial charge in [-0.3, -0.25) is 4.99 Å². The molecule has 0 spiro atoms. The highest BCUT2D eigenvalue weighted by atomic mass is 16.5. The molecule has 1 atom stereocenters. The van der Waals surface area contributed by atoms with Crippen molar-refractivity contribution in [3.05, 3.63) is 0 Å². The fourth-order valence-electron chi connectivity index (χ4n) is 1.98. The van der Waals surface area contributed by atoms with Crippen LogP contribution in [0.15, 0.2) is 4.99 Å². The van der Waals surface area contributed by atoms with E-state index in [0.29, 0.717) is 18.5 Å². The molecule has 1 fully saturated rings. The highest BCUT2D eigenvalue weighted by Gasteiger charge is 2.12. The van der Waals surface area contributed by atoms with Crippen molar-refractivity contribution >= 4 is 5.96 Å². The Morgan fingerprint density at radius 1 is 1.38 bits per heavy atom. The van der Waals surface area contributed by atoms with Gasteiger partial charge in [-0.2, -0.15) is 0 Å². The molecule has 4 heteroatoms. The molecule has 0 aromatic heterocycles. The lowest BCUT2D eigenvalue weighted by Gasteiger charge is -2.17. The molecular weight excluding hydrogens is 202 g/mol. The van der Waals surface area contributed by atoms with E-state index in [1.165, 1.54) is 38.5 Å². The fourth-order valence-corrected chi connectivity index (χ4v) is 1.98. The number of methoxy groups -OCH3 is 1. The van der Waals surface area contributed by atoms with Crippen LogP contribution in [-0.2, 0) is 4.74 Å². The standard InChI is InChI=1S/C12H25N3O/c1-10(16-2)9-14-12(13)15-11-7-5-3-4-6-8-11/h10-11H,3-9H2,1-2H3,(H3,13,14,15)/t10-/m1/s1. The highest BCUT2D eigenvalue weighted by Crippen LogP contribution is 2.16. The van der Waals surface area contributed by atoms with Crippen molar-refractivity contribution in [3.63, 3.8) is 0 Å². The van der Waals surface area contributed by atoms with Crippen molar-refractivity contribution in [2.45, 2.75) is 57.6 Å². The van der Waals surface area contributed by atoms with Crippen molar-refractivity contribution in [1.82, 2.24) is 5.32 Å². The summed E-state index contributed by atoms with van der Waals surface area (Å²) in [5.74, 6) is 0.566. The molecule has 1 rings (SSSR count). The zero-order valence-electron chi connectivity index (χ0n) is 10.5. The summed E-state index contributed by atoms with van der Waals surface area (Å²) in [5.41, 5.74) is 5.84. The molecule has 0 aliphatic heterocycles. The molecule has 94 valence electrons. The minimum absolute atomic E-state index is 0.134. The molecule has 4 nitrogen and oxygen atoms in total. The fraction of sp³-hybridized carbons (Fsp3) is 0.917. The first kappa shape index (κ1) is 13.3. The zero-order chi connectivity index (χ0) is 11.8. The SMILES string of the molecule is CO[C@H](C)CN=C(N)NC1CCCCCC1. The largest absolute Gasteiger partial charge is 0.380 e. The van der Waals surface area contributed by atoms with Crippen molar-refractivity contribution < 1.29 is 4.74 Å². The third-order valence-corrected chi connectivity index (χ3v) is 3.13. The van der Waals surface area contributed by atoms with E-state index in [0.717, 1.165) is 0 Å². The van der Waals surface area contributed by atoms with Gasteiger partial charge in [0.1, 0.15) is 0 Å². The molecular formula is C12H25N3O. The van der Waals surface area contributed by atoms with E-state index in [-0.39, 0.29) is 6.10 Å². The maximum absolute atomic E-state index is 5.84. The van der Waals surface area contributed by atoms with Gasteiger partial charge in [0.15, 0.2) is 5.96 Å². The third-order valence-electron chi connectivity index (χ3n) is 3.13. The Morgan fingerprint density at radius 3 is 2.56 bits per heavy atom. The lowest BCUT2D eigenvalue weighted by molar-refractivity contribution is 0.125. The summed E-state index contributed by atoms with van der Waals surface area (Å²) in [6.45, 7) is 2.62. The number of nitrogens with one attached hydrogen (secondary N) is 1. The van der Waals surface area contributed by atoms with E-state index < -0.39 is 0 Å². The van der Waals surface area contributed by atoms with Gasteiger partial charge in [0.05, 0.1) is 12.6 Å². The molecule has 0 aromatic carbocycles. The molecule has 1 saturated carbocycles. The van der Waals surface area contributed by atoms with E-state index in [1.54, 1.807) is 7.11 Å². The molecule has 3 N–H and O–H groups in total. The summed E-state index contributed by atoms with van der Waals surface area (Å²) in [4.78, 5) is 4.28. The molecule has 16 heavy (non-hydrogen) atoms. The first-order valence-corrected chi connectivity index (χ1v) is 6.31. The second-order valence-electron chi connectivity index (χ2n) is 4.61. The number of hydrogen-bond donors (Lipinski definition) is 2. The van der Waals surface area contributed by atoms with Crippen LogP contribution >= 0.6 is 0 Å². The first-order valence-electron chi connectivity index (χ1n) is 6.31. The van der Waals surface area contributed by atoms with Crippen LogP contribution < -0.4 is 11.1 Å². The molecule has 1 aliphatic rings. The van der Waals surface area contributed by atoms with Gasteiger partial charge in [-0.1, -0.05) is 25.7 Å². The summed E-state index contributed by atoms with van der Waals surface area (Å²) in [5, 5.41) is 3.31. The van der Waals surface area contributed by atoms with Gasteiger partial charge in [-0.05, 0) is 19.8 Å². The Balaban J connectivity index is 2.28. The van der Waals surface area contributed by atoms with Crippen molar-refractivity contribution in [1.29, 1.82) is 0 Å². The predicted molar refractivity (Wildman–Crippen MR) is 67.6 cm³/mol. The van der Waals surface area contributed by atoms with Gasteiger partial charge in [0, 0.05) is 13.2 Å². The van der Waals surface area contributed by atoms with E-state index in [4.69, 9.17) is 10.5 Å². The van der Waals surface area contributed by atoms with Crippen LogP contribution in [0.25, 0.3) is 0 Å². The minimum Gasteiger partial charge on any atom is -0.380 e. The molecule has 0 saturated heterocycles. The van der Waals surface area contributed by atoms with Crippen molar-refractivity contribution in [3.8, 4) is 0 Å². The second-order valence-corrected chi connectivity index (χ2v) is 4.61. The van der Waals surface area contributed by atoms with Gasteiger partial charge in [0.25, 0.3) is 0 Å². The number of aliphatic imine (C=N–C) groups is 1. The predicted octanol–water partition coefficient (Wildman–Crippen LogP) is 1.65. The Bertz CT molecular complexity index is 210. The number of guanidine groups is 1. The number of rotatable bonds is 4. The zero-order valence-corrected chi connectivity index (χ0v) is 10.5. The van der Waals surface area contributed by atoms with Gasteiger partial charge in [-0.15, -0.1) is 0 Å². The van der Waals surface area contributed by atoms with Crippen molar-refractivity contribution in [2.75, 3.05) is 13.7 Å². The molecule has 0 heterocycles. The molecule has 0 bridgehead atoms. The third kappa shape index (κ3) is 5.35. The maximum atomic E-state index is 5.84. The number of nitrogens with zero attached hydrogens (tertiary/aromatic N) is 1. The molecule has 0 aromatic rings. The van der Waals surface area contributed by atoms with Crippen LogP contribution in [0.2, 0.25) is 0 Å². The summed E-state index contributed by atoms with van der Waals surface area (Å²) in [6, 6.07) is 0.518. The number of nitrogens with two attached hydrogens (primary N) is 1. The maximum Gasteiger partial charge on any atom is 0.188 e. The van der Waals surface area contributed by atoms with Crippen LogP contribution in [-0.4, -0.2) is 31.8 Å².